The molecule has 1 aromatic rings. The largest absolute Gasteiger partial charge is 0.388 e. The van der Waals surface area contributed by atoms with Crippen LogP contribution >= 0.6 is 11.6 Å². The lowest BCUT2D eigenvalue weighted by atomic mass is 9.85. The Labute approximate surface area is 119 Å². The average molecular weight is 284 g/mol. The molecule has 1 aromatic heterocycles. The number of aryl methyl sites for hydroxylation is 1. The van der Waals surface area contributed by atoms with Gasteiger partial charge in [0.05, 0.1) is 5.60 Å². The van der Waals surface area contributed by atoms with Gasteiger partial charge in [-0.05, 0) is 26.2 Å². The lowest BCUT2D eigenvalue weighted by Crippen LogP contribution is -2.39. The molecule has 106 valence electrons. The first kappa shape index (κ1) is 14.5. The molecule has 0 spiro atoms. The maximum Gasteiger partial charge on any atom is 0.138 e. The first-order valence-corrected chi connectivity index (χ1v) is 7.41. The fourth-order valence-corrected chi connectivity index (χ4v) is 3.00. The van der Waals surface area contributed by atoms with Gasteiger partial charge in [-0.25, -0.2) is 9.97 Å². The van der Waals surface area contributed by atoms with Crippen LogP contribution in [0.2, 0.25) is 5.15 Å². The summed E-state index contributed by atoms with van der Waals surface area (Å²) in [6.07, 6.45) is 5.92. The summed E-state index contributed by atoms with van der Waals surface area (Å²) in [6.45, 7) is 4.39. The van der Waals surface area contributed by atoms with Crippen LogP contribution in [-0.2, 0) is 6.42 Å². The molecular weight excluding hydrogens is 262 g/mol. The van der Waals surface area contributed by atoms with Crippen LogP contribution in [-0.4, -0.2) is 27.2 Å². The van der Waals surface area contributed by atoms with Gasteiger partial charge in [0.25, 0.3) is 0 Å². The monoisotopic (exact) mass is 283 g/mol. The molecule has 1 saturated carbocycles. The Morgan fingerprint density at radius 1 is 1.26 bits per heavy atom. The number of rotatable bonds is 4. The van der Waals surface area contributed by atoms with Crippen LogP contribution in [0.15, 0.2) is 0 Å². The number of aliphatic hydroxyl groups is 1. The smallest absolute Gasteiger partial charge is 0.138 e. The highest BCUT2D eigenvalue weighted by Crippen LogP contribution is 2.29. The zero-order valence-electron chi connectivity index (χ0n) is 11.7. The Morgan fingerprint density at radius 3 is 2.58 bits per heavy atom. The Bertz CT molecular complexity index is 445. The van der Waals surface area contributed by atoms with Crippen molar-refractivity contribution in [1.29, 1.82) is 0 Å². The van der Waals surface area contributed by atoms with E-state index in [1.807, 2.05) is 13.8 Å². The molecule has 0 unspecified atom stereocenters. The van der Waals surface area contributed by atoms with E-state index in [1.165, 1.54) is 6.42 Å². The molecule has 0 saturated heterocycles. The zero-order chi connectivity index (χ0) is 13.9. The normalized spacial score (nSPS) is 18.3. The van der Waals surface area contributed by atoms with Gasteiger partial charge in [0.15, 0.2) is 0 Å². The number of anilines is 1. The standard InChI is InChI=1S/C14H22ClN3O/c1-3-11-12(15)17-10(2)18-13(11)16-9-14(19)7-5-4-6-8-14/h19H,3-9H2,1-2H3,(H,16,17,18). The van der Waals surface area contributed by atoms with E-state index >= 15 is 0 Å². The molecule has 2 rings (SSSR count). The molecule has 0 atom stereocenters. The fourth-order valence-electron chi connectivity index (χ4n) is 2.66. The molecule has 0 aromatic carbocycles. The number of hydrogen-bond donors (Lipinski definition) is 2. The van der Waals surface area contributed by atoms with Gasteiger partial charge in [0.1, 0.15) is 16.8 Å². The van der Waals surface area contributed by atoms with Gasteiger partial charge in [0.2, 0.25) is 0 Å². The van der Waals surface area contributed by atoms with Crippen molar-refractivity contribution >= 4 is 17.4 Å². The molecule has 4 nitrogen and oxygen atoms in total. The lowest BCUT2D eigenvalue weighted by molar-refractivity contribution is 0.0166. The van der Waals surface area contributed by atoms with Crippen molar-refractivity contribution in [2.75, 3.05) is 11.9 Å². The minimum Gasteiger partial charge on any atom is -0.388 e. The SMILES string of the molecule is CCc1c(Cl)nc(C)nc1NCC1(O)CCCCC1. The van der Waals surface area contributed by atoms with Gasteiger partial charge in [-0.15, -0.1) is 0 Å². The summed E-state index contributed by atoms with van der Waals surface area (Å²) >= 11 is 6.14. The number of hydrogen-bond acceptors (Lipinski definition) is 4. The first-order valence-electron chi connectivity index (χ1n) is 7.03. The molecule has 1 aliphatic carbocycles. The van der Waals surface area contributed by atoms with E-state index in [4.69, 9.17) is 11.6 Å². The van der Waals surface area contributed by atoms with E-state index in [2.05, 4.69) is 15.3 Å². The zero-order valence-corrected chi connectivity index (χ0v) is 12.4. The quantitative estimate of drug-likeness (QED) is 0.834. The van der Waals surface area contributed by atoms with Crippen LogP contribution < -0.4 is 5.32 Å². The summed E-state index contributed by atoms with van der Waals surface area (Å²) in [4.78, 5) is 8.57. The summed E-state index contributed by atoms with van der Waals surface area (Å²) in [5, 5.41) is 14.3. The van der Waals surface area contributed by atoms with E-state index < -0.39 is 5.60 Å². The number of nitrogens with one attached hydrogen (secondary N) is 1. The van der Waals surface area contributed by atoms with Gasteiger partial charge >= 0.3 is 0 Å². The second-order valence-corrected chi connectivity index (χ2v) is 5.74. The van der Waals surface area contributed by atoms with Crippen molar-refractivity contribution in [3.63, 3.8) is 0 Å². The second-order valence-electron chi connectivity index (χ2n) is 5.38. The predicted molar refractivity (Wildman–Crippen MR) is 77.7 cm³/mol. The minimum absolute atomic E-state index is 0.508. The van der Waals surface area contributed by atoms with E-state index in [-0.39, 0.29) is 0 Å². The van der Waals surface area contributed by atoms with Crippen LogP contribution in [0.25, 0.3) is 0 Å². The topological polar surface area (TPSA) is 58.0 Å². The van der Waals surface area contributed by atoms with Crippen molar-refractivity contribution in [3.8, 4) is 0 Å². The number of halogens is 1. The van der Waals surface area contributed by atoms with Crippen LogP contribution in [0.3, 0.4) is 0 Å². The van der Waals surface area contributed by atoms with Crippen LogP contribution in [0.5, 0.6) is 0 Å². The summed E-state index contributed by atoms with van der Waals surface area (Å²) in [6, 6.07) is 0. The van der Waals surface area contributed by atoms with Gasteiger partial charge in [-0.2, -0.15) is 0 Å². The molecule has 1 fully saturated rings. The summed E-state index contributed by atoms with van der Waals surface area (Å²) in [5.41, 5.74) is 0.320. The van der Waals surface area contributed by atoms with E-state index in [0.29, 0.717) is 17.5 Å². The third-order valence-electron chi connectivity index (χ3n) is 3.79. The summed E-state index contributed by atoms with van der Waals surface area (Å²) < 4.78 is 0. The van der Waals surface area contributed by atoms with Crippen molar-refractivity contribution in [3.05, 3.63) is 16.5 Å². The molecular formula is C14H22ClN3O. The van der Waals surface area contributed by atoms with Crippen LogP contribution in [0.1, 0.15) is 50.4 Å². The molecule has 19 heavy (non-hydrogen) atoms. The molecule has 1 aliphatic rings. The molecule has 2 N–H and O–H groups in total. The maximum atomic E-state index is 10.5. The molecule has 0 radical (unpaired) electrons. The highest BCUT2D eigenvalue weighted by molar-refractivity contribution is 6.30. The Hall–Kier alpha value is -0.870. The number of nitrogens with zero attached hydrogens (tertiary/aromatic N) is 2. The highest BCUT2D eigenvalue weighted by atomic mass is 35.5. The average Bonchev–Trinajstić information content (AvgIpc) is 2.37. The van der Waals surface area contributed by atoms with Crippen molar-refractivity contribution < 1.29 is 5.11 Å². The van der Waals surface area contributed by atoms with Gasteiger partial charge in [-0.1, -0.05) is 37.8 Å². The maximum absolute atomic E-state index is 10.5. The number of aromatic nitrogens is 2. The molecule has 1 heterocycles. The van der Waals surface area contributed by atoms with E-state index in [9.17, 15) is 5.11 Å². The highest BCUT2D eigenvalue weighted by Gasteiger charge is 2.29. The lowest BCUT2D eigenvalue weighted by Gasteiger charge is -2.32. The second kappa shape index (κ2) is 6.06. The first-order chi connectivity index (χ1) is 9.04. The van der Waals surface area contributed by atoms with Crippen LogP contribution in [0, 0.1) is 6.92 Å². The van der Waals surface area contributed by atoms with Gasteiger partial charge in [0, 0.05) is 12.1 Å². The third kappa shape index (κ3) is 3.57. The van der Waals surface area contributed by atoms with Crippen LogP contribution in [0.4, 0.5) is 5.82 Å². The third-order valence-corrected chi connectivity index (χ3v) is 4.10. The molecule has 0 bridgehead atoms. The van der Waals surface area contributed by atoms with E-state index in [1.54, 1.807) is 0 Å². The summed E-state index contributed by atoms with van der Waals surface area (Å²) in [5.74, 6) is 1.42. The minimum atomic E-state index is -0.603. The Morgan fingerprint density at radius 2 is 1.95 bits per heavy atom. The van der Waals surface area contributed by atoms with Crippen molar-refractivity contribution in [2.24, 2.45) is 0 Å². The molecule has 0 aliphatic heterocycles. The van der Waals surface area contributed by atoms with Gasteiger partial charge in [-0.3, -0.25) is 0 Å². The molecule has 0 amide bonds. The predicted octanol–water partition coefficient (Wildman–Crippen LogP) is 3.11. The Kier molecular flexibility index (Phi) is 4.63. The fraction of sp³-hybridized carbons (Fsp3) is 0.714. The van der Waals surface area contributed by atoms with Gasteiger partial charge < -0.3 is 10.4 Å². The van der Waals surface area contributed by atoms with Crippen molar-refractivity contribution in [1.82, 2.24) is 9.97 Å². The Balaban J connectivity index is 2.10. The summed E-state index contributed by atoms with van der Waals surface area (Å²) in [7, 11) is 0. The molecule has 5 heteroatoms. The van der Waals surface area contributed by atoms with Crippen molar-refractivity contribution in [2.45, 2.75) is 58.0 Å². The van der Waals surface area contributed by atoms with E-state index in [0.717, 1.165) is 43.5 Å².